The summed E-state index contributed by atoms with van der Waals surface area (Å²) in [5.41, 5.74) is 4.96. The van der Waals surface area contributed by atoms with Crippen LogP contribution in [0.2, 0.25) is 0 Å². The number of aliphatic hydroxyl groups excluding tert-OH is 3. The highest BCUT2D eigenvalue weighted by atomic mass is 16.7. The number of carbonyl (C=O) groups excluding carboxylic acids is 1. The molecule has 3 N–H and O–H groups in total. The first-order chi connectivity index (χ1) is 30.9. The Bertz CT molecular complexity index is 1980. The van der Waals surface area contributed by atoms with Crippen molar-refractivity contribution < 1.29 is 43.9 Å². The van der Waals surface area contributed by atoms with Gasteiger partial charge in [0.25, 0.3) is 0 Å². The Morgan fingerprint density at radius 2 is 1.62 bits per heavy atom. The van der Waals surface area contributed by atoms with Crippen LogP contribution >= 0.6 is 0 Å². The Morgan fingerprint density at radius 1 is 0.889 bits per heavy atom. The molecule has 1 heterocycles. The van der Waals surface area contributed by atoms with Crippen molar-refractivity contribution in [2.75, 3.05) is 53.3 Å². The summed E-state index contributed by atoms with van der Waals surface area (Å²) in [6, 6.07) is 23.8. The second-order valence-corrected chi connectivity index (χ2v) is 17.6. The van der Waals surface area contributed by atoms with Crippen LogP contribution < -0.4 is 9.47 Å². The van der Waals surface area contributed by atoms with Crippen molar-refractivity contribution in [3.8, 4) is 28.4 Å². The maximum atomic E-state index is 14.8. The molecule has 2 fully saturated rings. The largest absolute Gasteiger partial charge is 0.459 e. The SMILES string of the molecule is C=CCO[C@@]12Oc3ccc(Oc4ccc(-c5ccccc5)cc4)cc3[C@H]3[C@H](CCCCO)[C@@H](CCCCO)C=C(C(=NOC)C[C@@H]1N(CCOCCO)C(=O)CCC1CCCC1)[C@H]32. The van der Waals surface area contributed by atoms with E-state index in [1.165, 1.54) is 12.8 Å². The number of nitrogens with zero attached hydrogens (tertiary/aromatic N) is 2. The zero-order chi connectivity index (χ0) is 44.0. The van der Waals surface area contributed by atoms with Gasteiger partial charge in [-0.3, -0.25) is 4.79 Å². The molecule has 0 spiro atoms. The van der Waals surface area contributed by atoms with Crippen LogP contribution in [0, 0.1) is 23.7 Å². The molecule has 3 aromatic rings. The Kier molecular flexibility index (Phi) is 16.9. The summed E-state index contributed by atoms with van der Waals surface area (Å²) in [4.78, 5) is 22.3. The lowest BCUT2D eigenvalue weighted by Crippen LogP contribution is -2.70. The molecule has 1 amide bonds. The highest BCUT2D eigenvalue weighted by Crippen LogP contribution is 2.62. The maximum absolute atomic E-state index is 14.8. The van der Waals surface area contributed by atoms with E-state index in [-0.39, 0.29) is 69.8 Å². The van der Waals surface area contributed by atoms with E-state index in [0.717, 1.165) is 72.9 Å². The van der Waals surface area contributed by atoms with E-state index in [1.54, 1.807) is 13.2 Å². The number of hydrogen-bond donors (Lipinski definition) is 3. The molecule has 0 bridgehead atoms. The summed E-state index contributed by atoms with van der Waals surface area (Å²) in [7, 11) is 1.56. The number of oxime groups is 1. The fourth-order valence-electron chi connectivity index (χ4n) is 10.9. The zero-order valence-electron chi connectivity index (χ0n) is 37.1. The molecule has 0 saturated heterocycles. The number of fused-ring (bicyclic) bond motifs is 2. The van der Waals surface area contributed by atoms with Gasteiger partial charge in [-0.25, -0.2) is 0 Å². The van der Waals surface area contributed by atoms with Crippen molar-refractivity contribution in [2.24, 2.45) is 28.8 Å². The third-order valence-corrected chi connectivity index (χ3v) is 13.7. The summed E-state index contributed by atoms with van der Waals surface area (Å²) in [5.74, 6) is 0.835. The maximum Gasteiger partial charge on any atom is 0.239 e. The number of allylic oxidation sites excluding steroid dienone is 1. The molecule has 4 aliphatic rings. The van der Waals surface area contributed by atoms with Gasteiger partial charge in [0, 0.05) is 44.1 Å². The molecule has 11 nitrogen and oxygen atoms in total. The van der Waals surface area contributed by atoms with Crippen molar-refractivity contribution in [2.45, 2.75) is 101 Å². The van der Waals surface area contributed by atoms with Gasteiger partial charge < -0.3 is 44.0 Å². The van der Waals surface area contributed by atoms with Crippen LogP contribution in [0.3, 0.4) is 0 Å². The molecule has 3 aromatic carbocycles. The topological polar surface area (TPSA) is 140 Å². The molecule has 0 aromatic heterocycles. The van der Waals surface area contributed by atoms with Gasteiger partial charge in [0.05, 0.1) is 38.1 Å². The smallest absolute Gasteiger partial charge is 0.239 e. The van der Waals surface area contributed by atoms with E-state index < -0.39 is 17.7 Å². The van der Waals surface area contributed by atoms with Crippen LogP contribution in [0.1, 0.15) is 95.0 Å². The lowest BCUT2D eigenvalue weighted by Gasteiger charge is -2.60. The molecule has 1 aliphatic heterocycles. The Balaban J connectivity index is 1.36. The van der Waals surface area contributed by atoms with Gasteiger partial charge in [-0.15, -0.1) is 6.58 Å². The van der Waals surface area contributed by atoms with Crippen LogP contribution in [-0.4, -0.2) is 97.0 Å². The van der Waals surface area contributed by atoms with Gasteiger partial charge >= 0.3 is 0 Å². The van der Waals surface area contributed by atoms with Crippen LogP contribution in [-0.2, 0) is 19.1 Å². The van der Waals surface area contributed by atoms with Gasteiger partial charge in [0.15, 0.2) is 0 Å². The summed E-state index contributed by atoms with van der Waals surface area (Å²) < 4.78 is 27.0. The minimum atomic E-state index is -1.36. The second kappa shape index (κ2) is 22.9. The average Bonchev–Trinajstić information content (AvgIpc) is 3.84. The van der Waals surface area contributed by atoms with Gasteiger partial charge in [0.2, 0.25) is 11.7 Å². The van der Waals surface area contributed by atoms with Gasteiger partial charge in [-0.2, -0.15) is 0 Å². The molecule has 0 unspecified atom stereocenters. The second-order valence-electron chi connectivity index (χ2n) is 17.6. The quantitative estimate of drug-likeness (QED) is 0.0457. The Hall–Kier alpha value is -4.52. The van der Waals surface area contributed by atoms with Crippen molar-refractivity contribution in [3.63, 3.8) is 0 Å². The minimum Gasteiger partial charge on any atom is -0.459 e. The fourth-order valence-corrected chi connectivity index (χ4v) is 10.9. The Morgan fingerprint density at radius 3 is 2.33 bits per heavy atom. The molecular weight excluding hydrogens is 797 g/mol. The lowest BCUT2D eigenvalue weighted by molar-refractivity contribution is -0.258. The van der Waals surface area contributed by atoms with Crippen molar-refractivity contribution in [1.82, 2.24) is 4.90 Å². The van der Waals surface area contributed by atoms with Crippen LogP contribution in [0.5, 0.6) is 17.2 Å². The predicted octanol–water partition coefficient (Wildman–Crippen LogP) is 9.22. The fraction of sp³-hybridized carbons (Fsp3) is 0.538. The predicted molar refractivity (Wildman–Crippen MR) is 245 cm³/mol. The number of ether oxygens (including phenoxy) is 4. The van der Waals surface area contributed by atoms with E-state index >= 15 is 0 Å². The normalized spacial score (nSPS) is 24.5. The molecule has 7 rings (SSSR count). The molecule has 6 atom stereocenters. The number of aliphatic hydroxyl groups is 3. The molecular formula is C52H68N2O9. The van der Waals surface area contributed by atoms with Crippen molar-refractivity contribution in [3.05, 3.63) is 103 Å². The van der Waals surface area contributed by atoms with Gasteiger partial charge in [0.1, 0.15) is 30.4 Å². The van der Waals surface area contributed by atoms with Gasteiger partial charge in [-0.05, 0) is 96.9 Å². The monoisotopic (exact) mass is 864 g/mol. The minimum absolute atomic E-state index is 0.00966. The average molecular weight is 865 g/mol. The number of rotatable bonds is 24. The molecule has 340 valence electrons. The third kappa shape index (κ3) is 10.9. The highest BCUT2D eigenvalue weighted by molar-refractivity contribution is 6.03. The van der Waals surface area contributed by atoms with Crippen LogP contribution in [0.15, 0.2) is 102 Å². The van der Waals surface area contributed by atoms with Crippen LogP contribution in [0.25, 0.3) is 11.1 Å². The molecule has 3 aliphatic carbocycles. The first kappa shape index (κ1) is 46.5. The summed E-state index contributed by atoms with van der Waals surface area (Å²) in [6.07, 6.45) is 15.0. The zero-order valence-corrected chi connectivity index (χ0v) is 37.1. The molecule has 63 heavy (non-hydrogen) atoms. The summed E-state index contributed by atoms with van der Waals surface area (Å²) in [6.45, 7) is 5.03. The molecule has 2 saturated carbocycles. The number of benzene rings is 3. The summed E-state index contributed by atoms with van der Waals surface area (Å²) in [5, 5.41) is 34.2. The van der Waals surface area contributed by atoms with E-state index in [2.05, 4.69) is 43.0 Å². The summed E-state index contributed by atoms with van der Waals surface area (Å²) >= 11 is 0. The Labute approximate surface area is 373 Å². The number of unbranched alkanes of at least 4 members (excludes halogenated alkanes) is 2. The first-order valence-corrected chi connectivity index (χ1v) is 23.4. The van der Waals surface area contributed by atoms with Gasteiger partial charge in [-0.1, -0.05) is 98.3 Å². The van der Waals surface area contributed by atoms with Crippen LogP contribution in [0.4, 0.5) is 0 Å². The number of amides is 1. The van der Waals surface area contributed by atoms with E-state index in [0.29, 0.717) is 48.8 Å². The molecule has 0 radical (unpaired) electrons. The number of hydrogen-bond acceptors (Lipinski definition) is 10. The standard InChI is InChI=1S/C52H68N2O9/c1-3-31-61-52-48(54(27-32-60-33-30-57)49(58)26-19-37-13-7-8-14-37)36-46(53-59-2)44-34-40(17-9-11-28-55)43(18-10-12-29-56)50(51(44)52)45-35-42(24-25-47(45)63-52)62-41-22-20-39(21-23-41)38-15-5-4-6-16-38/h3-6,15-16,20-25,34-35,37,40,43,48,50-51,55-57H,1,7-14,17-19,26-33,36H2,2H3/t40-,43+,48-,50+,51+,52+/m0/s1. The highest BCUT2D eigenvalue weighted by Gasteiger charge is 2.65. The van der Waals surface area contributed by atoms with Crippen molar-refractivity contribution >= 4 is 11.6 Å². The van der Waals surface area contributed by atoms with E-state index in [1.807, 2.05) is 47.4 Å². The lowest BCUT2D eigenvalue weighted by atomic mass is 9.55. The third-order valence-electron chi connectivity index (χ3n) is 13.7. The van der Waals surface area contributed by atoms with E-state index in [4.69, 9.17) is 28.9 Å². The van der Waals surface area contributed by atoms with Crippen molar-refractivity contribution in [1.29, 1.82) is 0 Å². The first-order valence-electron chi connectivity index (χ1n) is 23.4. The molecule has 11 heteroatoms. The number of carbonyl (C=O) groups is 1. The van der Waals surface area contributed by atoms with E-state index in [9.17, 15) is 20.1 Å².